The molecule has 5 nitrogen and oxygen atoms in total. The molecule has 0 aromatic heterocycles. The number of piperidine rings is 1. The minimum atomic E-state index is -0.396. The molecule has 1 aromatic rings. The molecular weight excluding hydrogens is 345 g/mol. The first-order valence-electron chi connectivity index (χ1n) is 9.60. The molecule has 0 aliphatic carbocycles. The summed E-state index contributed by atoms with van der Waals surface area (Å²) in [5, 5.41) is 2.90. The van der Waals surface area contributed by atoms with Gasteiger partial charge in [0, 0.05) is 30.7 Å². The van der Waals surface area contributed by atoms with Crippen molar-refractivity contribution in [2.75, 3.05) is 33.2 Å². The van der Waals surface area contributed by atoms with E-state index in [1.54, 1.807) is 13.0 Å². The minimum Gasteiger partial charge on any atom is -0.352 e. The number of aryl methyl sites for hydroxylation is 1. The van der Waals surface area contributed by atoms with Crippen LogP contribution in [0, 0.1) is 18.7 Å². The van der Waals surface area contributed by atoms with Crippen LogP contribution in [-0.2, 0) is 4.79 Å². The van der Waals surface area contributed by atoms with E-state index in [2.05, 4.69) is 31.0 Å². The molecule has 0 unspecified atom stereocenters. The number of halogens is 1. The van der Waals surface area contributed by atoms with Crippen LogP contribution < -0.4 is 5.32 Å². The number of amides is 2. The number of nitrogens with one attached hydrogen (secondary N) is 1. The van der Waals surface area contributed by atoms with Crippen molar-refractivity contribution in [3.63, 3.8) is 0 Å². The smallest absolute Gasteiger partial charge is 0.251 e. The third-order valence-corrected chi connectivity index (χ3v) is 5.34. The van der Waals surface area contributed by atoms with Crippen molar-refractivity contribution in [3.05, 3.63) is 35.1 Å². The van der Waals surface area contributed by atoms with E-state index in [-0.39, 0.29) is 17.4 Å². The molecule has 1 heterocycles. The van der Waals surface area contributed by atoms with Gasteiger partial charge in [0.15, 0.2) is 0 Å². The molecule has 1 aromatic carbocycles. The van der Waals surface area contributed by atoms with E-state index in [1.807, 2.05) is 11.9 Å². The summed E-state index contributed by atoms with van der Waals surface area (Å²) in [4.78, 5) is 28.7. The van der Waals surface area contributed by atoms with Crippen LogP contribution >= 0.6 is 0 Å². The highest BCUT2D eigenvalue weighted by molar-refractivity contribution is 5.94. The lowest BCUT2D eigenvalue weighted by Gasteiger charge is -2.36. The summed E-state index contributed by atoms with van der Waals surface area (Å²) in [5.41, 5.74) is 1.05. The number of hydrogen-bond donors (Lipinski definition) is 1. The monoisotopic (exact) mass is 377 g/mol. The Kier molecular flexibility index (Phi) is 6.98. The number of hydrogen-bond acceptors (Lipinski definition) is 3. The first-order chi connectivity index (χ1) is 12.6. The Bertz CT molecular complexity index is 656. The number of benzene rings is 1. The number of nitrogens with zero attached hydrogens (tertiary/aromatic N) is 2. The van der Waals surface area contributed by atoms with Gasteiger partial charge in [-0.1, -0.05) is 0 Å². The van der Waals surface area contributed by atoms with E-state index in [4.69, 9.17) is 0 Å². The third kappa shape index (κ3) is 6.31. The zero-order valence-corrected chi connectivity index (χ0v) is 17.1. The van der Waals surface area contributed by atoms with Crippen LogP contribution in [0.5, 0.6) is 0 Å². The molecule has 1 aliphatic rings. The van der Waals surface area contributed by atoms with Crippen LogP contribution in [0.4, 0.5) is 4.39 Å². The van der Waals surface area contributed by atoms with Crippen molar-refractivity contribution in [2.24, 2.45) is 5.92 Å². The van der Waals surface area contributed by atoms with E-state index in [0.29, 0.717) is 24.6 Å². The first-order valence-corrected chi connectivity index (χ1v) is 9.60. The van der Waals surface area contributed by atoms with Gasteiger partial charge in [0.25, 0.3) is 5.91 Å². The van der Waals surface area contributed by atoms with Crippen LogP contribution in [0.15, 0.2) is 18.2 Å². The molecule has 150 valence electrons. The molecule has 1 fully saturated rings. The Hall–Kier alpha value is -1.95. The maximum absolute atomic E-state index is 13.4. The lowest BCUT2D eigenvalue weighted by atomic mass is 9.96. The topological polar surface area (TPSA) is 52.7 Å². The average molecular weight is 378 g/mol. The van der Waals surface area contributed by atoms with Gasteiger partial charge in [-0.3, -0.25) is 14.5 Å². The van der Waals surface area contributed by atoms with E-state index < -0.39 is 5.82 Å². The summed E-state index contributed by atoms with van der Waals surface area (Å²) < 4.78 is 13.4. The maximum atomic E-state index is 13.4. The largest absolute Gasteiger partial charge is 0.352 e. The molecule has 2 amide bonds. The predicted molar refractivity (Wildman–Crippen MR) is 105 cm³/mol. The van der Waals surface area contributed by atoms with Crippen molar-refractivity contribution in [1.29, 1.82) is 0 Å². The number of likely N-dealkylation sites (tertiary alicyclic amines) is 1. The van der Waals surface area contributed by atoms with Crippen molar-refractivity contribution in [2.45, 2.75) is 46.1 Å². The third-order valence-electron chi connectivity index (χ3n) is 5.34. The fourth-order valence-corrected chi connectivity index (χ4v) is 3.13. The second-order valence-corrected chi connectivity index (χ2v) is 8.58. The zero-order valence-electron chi connectivity index (χ0n) is 17.1. The summed E-state index contributed by atoms with van der Waals surface area (Å²) >= 11 is 0. The second-order valence-electron chi connectivity index (χ2n) is 8.58. The van der Waals surface area contributed by atoms with Crippen LogP contribution in [-0.4, -0.2) is 60.4 Å². The molecule has 2 rings (SSSR count). The fourth-order valence-electron chi connectivity index (χ4n) is 3.13. The van der Waals surface area contributed by atoms with Gasteiger partial charge < -0.3 is 10.2 Å². The molecule has 0 radical (unpaired) electrons. The Morgan fingerprint density at radius 2 is 1.85 bits per heavy atom. The number of carbonyl (C=O) groups is 2. The molecule has 0 atom stereocenters. The Balaban J connectivity index is 1.77. The van der Waals surface area contributed by atoms with Gasteiger partial charge in [-0.05, 0) is 77.3 Å². The van der Waals surface area contributed by atoms with Gasteiger partial charge in [-0.25, -0.2) is 4.39 Å². The molecule has 0 bridgehead atoms. The lowest BCUT2D eigenvalue weighted by Crippen LogP contribution is -2.48. The quantitative estimate of drug-likeness (QED) is 0.859. The molecule has 0 spiro atoms. The van der Waals surface area contributed by atoms with Gasteiger partial charge in [-0.2, -0.15) is 0 Å². The fraction of sp³-hybridized carbons (Fsp3) is 0.619. The van der Waals surface area contributed by atoms with Crippen LogP contribution in [0.1, 0.15) is 49.5 Å². The second kappa shape index (κ2) is 8.83. The summed E-state index contributed by atoms with van der Waals surface area (Å²) in [6, 6.07) is 4.35. The van der Waals surface area contributed by atoms with Crippen molar-refractivity contribution < 1.29 is 14.0 Å². The maximum Gasteiger partial charge on any atom is 0.251 e. The summed E-state index contributed by atoms with van der Waals surface area (Å²) in [6.07, 6.45) is 1.74. The van der Waals surface area contributed by atoms with E-state index in [9.17, 15) is 14.0 Å². The number of likely N-dealkylation sites (N-methyl/N-ethyl adjacent to an activating group) is 1. The predicted octanol–water partition coefficient (Wildman–Crippen LogP) is 2.83. The van der Waals surface area contributed by atoms with Crippen molar-refractivity contribution >= 4 is 11.8 Å². The van der Waals surface area contributed by atoms with Crippen LogP contribution in [0.3, 0.4) is 0 Å². The molecule has 27 heavy (non-hydrogen) atoms. The van der Waals surface area contributed by atoms with E-state index in [0.717, 1.165) is 31.5 Å². The van der Waals surface area contributed by atoms with Gasteiger partial charge in [0.05, 0.1) is 6.54 Å². The molecule has 1 N–H and O–H groups in total. The highest BCUT2D eigenvalue weighted by Crippen LogP contribution is 2.18. The van der Waals surface area contributed by atoms with E-state index >= 15 is 0 Å². The van der Waals surface area contributed by atoms with Crippen molar-refractivity contribution in [3.8, 4) is 0 Å². The molecule has 0 saturated carbocycles. The highest BCUT2D eigenvalue weighted by Gasteiger charge is 2.26. The molecule has 6 heteroatoms. The summed E-state index contributed by atoms with van der Waals surface area (Å²) in [5.74, 6) is -0.145. The molecular formula is C21H32FN3O2. The number of rotatable bonds is 5. The number of carbonyl (C=O) groups excluding carboxylic acids is 2. The SMILES string of the molecule is Cc1cc(F)cc(C(=O)NCC2CCN(C(=O)CN(C)C(C)(C)C)CC2)c1. The standard InChI is InChI=1S/C21H32FN3O2/c1-15-10-17(12-18(22)11-15)20(27)23-13-16-6-8-25(9-7-16)19(26)14-24(5)21(2,3)4/h10-12,16H,6-9,13-14H2,1-5H3,(H,23,27). The van der Waals surface area contributed by atoms with Gasteiger partial charge in [-0.15, -0.1) is 0 Å². The van der Waals surface area contributed by atoms with Gasteiger partial charge >= 0.3 is 0 Å². The van der Waals surface area contributed by atoms with Crippen LogP contribution in [0.2, 0.25) is 0 Å². The van der Waals surface area contributed by atoms with Gasteiger partial charge in [0.1, 0.15) is 5.82 Å². The Labute approximate surface area is 161 Å². The summed E-state index contributed by atoms with van der Waals surface area (Å²) in [7, 11) is 1.97. The summed E-state index contributed by atoms with van der Waals surface area (Å²) in [6.45, 7) is 10.5. The highest BCUT2D eigenvalue weighted by atomic mass is 19.1. The Morgan fingerprint density at radius 1 is 1.22 bits per heavy atom. The normalized spacial score (nSPS) is 15.9. The van der Waals surface area contributed by atoms with Gasteiger partial charge in [0.2, 0.25) is 5.91 Å². The molecule has 1 aliphatic heterocycles. The molecule has 1 saturated heterocycles. The Morgan fingerprint density at radius 3 is 2.41 bits per heavy atom. The van der Waals surface area contributed by atoms with Crippen molar-refractivity contribution in [1.82, 2.24) is 15.1 Å². The zero-order chi connectivity index (χ0) is 20.2. The lowest BCUT2D eigenvalue weighted by molar-refractivity contribution is -0.134. The first kappa shape index (κ1) is 21.4. The average Bonchev–Trinajstić information content (AvgIpc) is 2.58. The van der Waals surface area contributed by atoms with E-state index in [1.165, 1.54) is 12.1 Å². The minimum absolute atomic E-state index is 0.0342. The van der Waals surface area contributed by atoms with Crippen LogP contribution in [0.25, 0.3) is 0 Å².